The lowest BCUT2D eigenvalue weighted by Gasteiger charge is -2.11. The molecule has 0 bridgehead atoms. The van der Waals surface area contributed by atoms with Gasteiger partial charge in [-0.1, -0.05) is 23.7 Å². The highest BCUT2D eigenvalue weighted by Gasteiger charge is 2.12. The van der Waals surface area contributed by atoms with Crippen LogP contribution in [0.4, 0.5) is 11.4 Å². The van der Waals surface area contributed by atoms with Crippen LogP contribution >= 0.6 is 11.6 Å². The Bertz CT molecular complexity index is 638. The maximum atomic E-state index is 12.2. The van der Waals surface area contributed by atoms with E-state index < -0.39 is 0 Å². The number of halogens is 1. The van der Waals surface area contributed by atoms with Gasteiger partial charge < -0.3 is 11.1 Å². The predicted octanol–water partition coefficient (Wildman–Crippen LogP) is 3.79. The van der Waals surface area contributed by atoms with Crippen LogP contribution in [0.25, 0.3) is 0 Å². The van der Waals surface area contributed by atoms with E-state index in [1.54, 1.807) is 18.2 Å². The average molecular weight is 275 g/mol. The monoisotopic (exact) mass is 274 g/mol. The Labute approximate surface area is 117 Å². The molecule has 2 aromatic carbocycles. The average Bonchev–Trinajstić information content (AvgIpc) is 2.38. The van der Waals surface area contributed by atoms with Crippen LogP contribution in [0.5, 0.6) is 0 Å². The Morgan fingerprint density at radius 3 is 2.68 bits per heavy atom. The van der Waals surface area contributed by atoms with Crippen LogP contribution in [-0.2, 0) is 0 Å². The summed E-state index contributed by atoms with van der Waals surface area (Å²) in [6, 6.07) is 10.6. The van der Waals surface area contributed by atoms with Crippen LogP contribution in [0.2, 0.25) is 5.02 Å². The highest BCUT2D eigenvalue weighted by atomic mass is 35.5. The van der Waals surface area contributed by atoms with Crippen molar-refractivity contribution < 1.29 is 4.79 Å². The standard InChI is InChI=1S/C15H15ClN2O/c1-9-4-3-5-14(10(9)2)18-15(19)12-8-11(16)6-7-13(12)17/h3-8H,17H2,1-2H3,(H,18,19). The van der Waals surface area contributed by atoms with Gasteiger partial charge in [-0.3, -0.25) is 4.79 Å². The summed E-state index contributed by atoms with van der Waals surface area (Å²) in [6.45, 7) is 3.96. The second-order valence-corrected chi connectivity index (χ2v) is 4.87. The normalized spacial score (nSPS) is 10.3. The van der Waals surface area contributed by atoms with Gasteiger partial charge in [0.25, 0.3) is 5.91 Å². The lowest BCUT2D eigenvalue weighted by Crippen LogP contribution is -2.15. The minimum Gasteiger partial charge on any atom is -0.398 e. The Balaban J connectivity index is 2.31. The Kier molecular flexibility index (Phi) is 3.76. The van der Waals surface area contributed by atoms with Crippen LogP contribution in [0.15, 0.2) is 36.4 Å². The molecule has 0 aliphatic carbocycles. The molecule has 0 radical (unpaired) electrons. The van der Waals surface area contributed by atoms with Crippen molar-refractivity contribution in [2.75, 3.05) is 11.1 Å². The third-order valence-electron chi connectivity index (χ3n) is 3.11. The molecule has 0 spiro atoms. The molecule has 0 aliphatic heterocycles. The Morgan fingerprint density at radius 1 is 1.21 bits per heavy atom. The minimum atomic E-state index is -0.256. The van der Waals surface area contributed by atoms with Gasteiger partial charge in [-0.15, -0.1) is 0 Å². The van der Waals surface area contributed by atoms with Crippen LogP contribution in [0.1, 0.15) is 21.5 Å². The predicted molar refractivity (Wildman–Crippen MR) is 79.7 cm³/mol. The Hall–Kier alpha value is -2.00. The van der Waals surface area contributed by atoms with Crippen LogP contribution < -0.4 is 11.1 Å². The van der Waals surface area contributed by atoms with Gasteiger partial charge >= 0.3 is 0 Å². The van der Waals surface area contributed by atoms with E-state index >= 15 is 0 Å². The number of rotatable bonds is 2. The molecule has 0 saturated heterocycles. The first-order valence-electron chi connectivity index (χ1n) is 5.91. The van der Waals surface area contributed by atoms with Crippen molar-refractivity contribution in [3.05, 3.63) is 58.1 Å². The molecular weight excluding hydrogens is 260 g/mol. The first-order chi connectivity index (χ1) is 8.99. The molecule has 2 aromatic rings. The van der Waals surface area contributed by atoms with Crippen LogP contribution in [0.3, 0.4) is 0 Å². The van der Waals surface area contributed by atoms with Crippen molar-refractivity contribution in [1.82, 2.24) is 0 Å². The fraction of sp³-hybridized carbons (Fsp3) is 0.133. The minimum absolute atomic E-state index is 0.256. The van der Waals surface area contributed by atoms with Crippen molar-refractivity contribution in [2.45, 2.75) is 13.8 Å². The number of nitrogens with two attached hydrogens (primary N) is 1. The largest absolute Gasteiger partial charge is 0.398 e. The van der Waals surface area contributed by atoms with Gasteiger partial charge in [-0.05, 0) is 49.2 Å². The first kappa shape index (κ1) is 13.4. The fourth-order valence-corrected chi connectivity index (χ4v) is 1.97. The van der Waals surface area contributed by atoms with E-state index in [1.807, 2.05) is 32.0 Å². The lowest BCUT2D eigenvalue weighted by molar-refractivity contribution is 0.102. The van der Waals surface area contributed by atoms with Gasteiger partial charge in [-0.2, -0.15) is 0 Å². The number of aryl methyl sites for hydroxylation is 1. The molecule has 0 saturated carbocycles. The zero-order valence-electron chi connectivity index (χ0n) is 10.8. The molecule has 2 rings (SSSR count). The fourth-order valence-electron chi connectivity index (χ4n) is 1.80. The quantitative estimate of drug-likeness (QED) is 0.819. The third kappa shape index (κ3) is 2.88. The molecule has 0 atom stereocenters. The zero-order chi connectivity index (χ0) is 14.0. The second-order valence-electron chi connectivity index (χ2n) is 4.43. The molecule has 0 fully saturated rings. The molecule has 98 valence electrons. The summed E-state index contributed by atoms with van der Waals surface area (Å²) in [5.41, 5.74) is 9.53. The van der Waals surface area contributed by atoms with Gasteiger partial charge in [0, 0.05) is 16.4 Å². The SMILES string of the molecule is Cc1cccc(NC(=O)c2cc(Cl)ccc2N)c1C. The van der Waals surface area contributed by atoms with E-state index in [2.05, 4.69) is 5.32 Å². The number of amides is 1. The molecule has 3 nitrogen and oxygen atoms in total. The van der Waals surface area contributed by atoms with Crippen molar-refractivity contribution >= 4 is 28.9 Å². The summed E-state index contributed by atoms with van der Waals surface area (Å²) in [4.78, 5) is 12.2. The number of hydrogen-bond donors (Lipinski definition) is 2. The van der Waals surface area contributed by atoms with Gasteiger partial charge in [0.1, 0.15) is 0 Å². The summed E-state index contributed by atoms with van der Waals surface area (Å²) < 4.78 is 0. The molecular formula is C15H15ClN2O. The number of anilines is 2. The number of nitrogens with one attached hydrogen (secondary N) is 1. The van der Waals surface area contributed by atoms with Gasteiger partial charge in [0.05, 0.1) is 5.56 Å². The third-order valence-corrected chi connectivity index (χ3v) is 3.35. The molecule has 1 amide bonds. The number of hydrogen-bond acceptors (Lipinski definition) is 2. The van der Waals surface area contributed by atoms with Gasteiger partial charge in [0.15, 0.2) is 0 Å². The van der Waals surface area contributed by atoms with E-state index in [-0.39, 0.29) is 5.91 Å². The number of carbonyl (C=O) groups is 1. The lowest BCUT2D eigenvalue weighted by atomic mass is 10.1. The van der Waals surface area contributed by atoms with Crippen molar-refractivity contribution in [3.8, 4) is 0 Å². The molecule has 0 unspecified atom stereocenters. The van der Waals surface area contributed by atoms with E-state index in [1.165, 1.54) is 0 Å². The topological polar surface area (TPSA) is 55.1 Å². The summed E-state index contributed by atoms with van der Waals surface area (Å²) in [7, 11) is 0. The molecule has 0 aromatic heterocycles. The molecule has 0 heterocycles. The number of benzene rings is 2. The van der Waals surface area contributed by atoms with Gasteiger partial charge in [0.2, 0.25) is 0 Å². The highest BCUT2D eigenvalue weighted by Crippen LogP contribution is 2.22. The maximum absolute atomic E-state index is 12.2. The first-order valence-corrected chi connectivity index (χ1v) is 6.29. The molecule has 4 heteroatoms. The molecule has 19 heavy (non-hydrogen) atoms. The van der Waals surface area contributed by atoms with Crippen molar-refractivity contribution in [1.29, 1.82) is 0 Å². The smallest absolute Gasteiger partial charge is 0.257 e. The number of carbonyl (C=O) groups excluding carboxylic acids is 1. The van der Waals surface area contributed by atoms with Gasteiger partial charge in [-0.25, -0.2) is 0 Å². The summed E-state index contributed by atoms with van der Waals surface area (Å²) in [5, 5.41) is 3.34. The molecule has 0 aliphatic rings. The zero-order valence-corrected chi connectivity index (χ0v) is 11.6. The summed E-state index contributed by atoms with van der Waals surface area (Å²) in [6.07, 6.45) is 0. The van der Waals surface area contributed by atoms with Crippen LogP contribution in [0, 0.1) is 13.8 Å². The highest BCUT2D eigenvalue weighted by molar-refractivity contribution is 6.31. The second kappa shape index (κ2) is 5.33. The van der Waals surface area contributed by atoms with E-state index in [0.717, 1.165) is 16.8 Å². The summed E-state index contributed by atoms with van der Waals surface area (Å²) >= 11 is 5.88. The summed E-state index contributed by atoms with van der Waals surface area (Å²) in [5.74, 6) is -0.256. The van der Waals surface area contributed by atoms with E-state index in [4.69, 9.17) is 17.3 Å². The van der Waals surface area contributed by atoms with E-state index in [9.17, 15) is 4.79 Å². The van der Waals surface area contributed by atoms with Crippen molar-refractivity contribution in [3.63, 3.8) is 0 Å². The van der Waals surface area contributed by atoms with Crippen LogP contribution in [-0.4, -0.2) is 5.91 Å². The van der Waals surface area contributed by atoms with Crippen molar-refractivity contribution in [2.24, 2.45) is 0 Å². The van der Waals surface area contributed by atoms with E-state index in [0.29, 0.717) is 16.3 Å². The Morgan fingerprint density at radius 2 is 1.95 bits per heavy atom. The number of nitrogen functional groups attached to an aromatic ring is 1. The molecule has 3 N–H and O–H groups in total. The maximum Gasteiger partial charge on any atom is 0.257 e.